The first-order chi connectivity index (χ1) is 13.7. The lowest BCUT2D eigenvalue weighted by atomic mass is 9.86. The maximum Gasteiger partial charge on any atom is 0.253 e. The molecule has 0 spiro atoms. The van der Waals surface area contributed by atoms with Crippen molar-refractivity contribution in [2.75, 3.05) is 26.2 Å². The van der Waals surface area contributed by atoms with Gasteiger partial charge in [0.25, 0.3) is 5.91 Å². The molecule has 1 heterocycles. The number of hydrogen-bond donors (Lipinski definition) is 0. The van der Waals surface area contributed by atoms with Gasteiger partial charge in [0, 0.05) is 38.2 Å². The monoisotopic (exact) mass is 392 g/mol. The molecule has 0 saturated carbocycles. The van der Waals surface area contributed by atoms with Crippen molar-refractivity contribution in [2.24, 2.45) is 0 Å². The molecule has 0 radical (unpaired) electrons. The van der Waals surface area contributed by atoms with Gasteiger partial charge in [0.1, 0.15) is 0 Å². The normalized spacial score (nSPS) is 14.8. The second-order valence-corrected chi connectivity index (χ2v) is 8.99. The molecule has 0 N–H and O–H groups in total. The summed E-state index contributed by atoms with van der Waals surface area (Å²) in [7, 11) is 0. The lowest BCUT2D eigenvalue weighted by Gasteiger charge is -2.35. The first-order valence-corrected chi connectivity index (χ1v) is 10.5. The Labute approximate surface area is 174 Å². The van der Waals surface area contributed by atoms with Crippen LogP contribution in [0.2, 0.25) is 0 Å². The summed E-state index contributed by atoms with van der Waals surface area (Å²) in [4.78, 5) is 29.1. The zero-order valence-electron chi connectivity index (χ0n) is 18.1. The first kappa shape index (κ1) is 21.1. The Morgan fingerprint density at radius 2 is 1.38 bits per heavy atom. The number of hydrogen-bond acceptors (Lipinski definition) is 2. The van der Waals surface area contributed by atoms with E-state index in [4.69, 9.17) is 0 Å². The fourth-order valence-corrected chi connectivity index (χ4v) is 3.62. The van der Waals surface area contributed by atoms with Crippen molar-refractivity contribution in [3.8, 4) is 0 Å². The van der Waals surface area contributed by atoms with Gasteiger partial charge in [0.05, 0.1) is 0 Å². The molecule has 2 amide bonds. The van der Waals surface area contributed by atoms with Gasteiger partial charge in [-0.25, -0.2) is 0 Å². The van der Waals surface area contributed by atoms with Gasteiger partial charge in [0.15, 0.2) is 0 Å². The van der Waals surface area contributed by atoms with E-state index in [0.29, 0.717) is 32.6 Å². The number of rotatable bonds is 4. The molecule has 1 fully saturated rings. The molecule has 29 heavy (non-hydrogen) atoms. The molecule has 0 bridgehead atoms. The summed E-state index contributed by atoms with van der Waals surface area (Å²) in [6, 6.07) is 16.3. The van der Waals surface area contributed by atoms with Crippen molar-refractivity contribution in [1.82, 2.24) is 9.80 Å². The summed E-state index contributed by atoms with van der Waals surface area (Å²) >= 11 is 0. The van der Waals surface area contributed by atoms with Crippen LogP contribution in [0.25, 0.3) is 0 Å². The van der Waals surface area contributed by atoms with Gasteiger partial charge in [-0.2, -0.15) is 0 Å². The van der Waals surface area contributed by atoms with Crippen LogP contribution in [0.5, 0.6) is 0 Å². The molecule has 154 valence electrons. The van der Waals surface area contributed by atoms with Crippen LogP contribution in [0.4, 0.5) is 0 Å². The Morgan fingerprint density at radius 1 is 0.828 bits per heavy atom. The van der Waals surface area contributed by atoms with E-state index in [-0.39, 0.29) is 17.2 Å². The van der Waals surface area contributed by atoms with Crippen molar-refractivity contribution in [3.05, 3.63) is 70.8 Å². The summed E-state index contributed by atoms with van der Waals surface area (Å²) < 4.78 is 0. The summed E-state index contributed by atoms with van der Waals surface area (Å²) in [6.07, 6.45) is 1.28. The van der Waals surface area contributed by atoms with Crippen molar-refractivity contribution in [2.45, 2.75) is 46.0 Å². The second kappa shape index (κ2) is 8.81. The number of carbonyl (C=O) groups excluding carboxylic acids is 2. The highest BCUT2D eigenvalue weighted by Gasteiger charge is 2.25. The first-order valence-electron chi connectivity index (χ1n) is 10.5. The Kier molecular flexibility index (Phi) is 6.41. The number of benzene rings is 2. The Morgan fingerprint density at radius 3 is 1.93 bits per heavy atom. The quantitative estimate of drug-likeness (QED) is 0.782. The molecule has 3 rings (SSSR count). The van der Waals surface area contributed by atoms with Crippen LogP contribution in [0.3, 0.4) is 0 Å². The average Bonchev–Trinajstić information content (AvgIpc) is 2.72. The minimum Gasteiger partial charge on any atom is -0.339 e. The average molecular weight is 393 g/mol. The highest BCUT2D eigenvalue weighted by molar-refractivity contribution is 5.94. The predicted octanol–water partition coefficient (Wildman–Crippen LogP) is 4.21. The lowest BCUT2D eigenvalue weighted by Crippen LogP contribution is -2.50. The summed E-state index contributed by atoms with van der Waals surface area (Å²) in [6.45, 7) is 11.0. The van der Waals surface area contributed by atoms with Crippen molar-refractivity contribution < 1.29 is 9.59 Å². The SMILES string of the molecule is Cc1ccc(CCC(=O)N2CCN(C(=O)c3ccc(C(C)(C)C)cc3)CC2)cc1. The predicted molar refractivity (Wildman–Crippen MR) is 117 cm³/mol. The molecule has 0 aromatic heterocycles. The van der Waals surface area contributed by atoms with Crippen molar-refractivity contribution >= 4 is 11.8 Å². The van der Waals surface area contributed by atoms with Crippen LogP contribution in [-0.2, 0) is 16.6 Å². The van der Waals surface area contributed by atoms with Gasteiger partial charge < -0.3 is 9.80 Å². The van der Waals surface area contributed by atoms with Crippen LogP contribution >= 0.6 is 0 Å². The molecule has 2 aromatic carbocycles. The third-order valence-electron chi connectivity index (χ3n) is 5.67. The Hall–Kier alpha value is -2.62. The van der Waals surface area contributed by atoms with E-state index in [1.807, 2.05) is 34.1 Å². The maximum atomic E-state index is 12.8. The Bertz CT molecular complexity index is 840. The highest BCUT2D eigenvalue weighted by Crippen LogP contribution is 2.22. The number of carbonyl (C=O) groups is 2. The van der Waals surface area contributed by atoms with E-state index < -0.39 is 0 Å². The van der Waals surface area contributed by atoms with Crippen molar-refractivity contribution in [3.63, 3.8) is 0 Å². The summed E-state index contributed by atoms with van der Waals surface area (Å²) in [5.41, 5.74) is 4.44. The van der Waals surface area contributed by atoms with Gasteiger partial charge in [-0.3, -0.25) is 9.59 Å². The van der Waals surface area contributed by atoms with Crippen LogP contribution in [0.15, 0.2) is 48.5 Å². The fraction of sp³-hybridized carbons (Fsp3) is 0.440. The van der Waals surface area contributed by atoms with Crippen LogP contribution in [-0.4, -0.2) is 47.8 Å². The third-order valence-corrected chi connectivity index (χ3v) is 5.67. The minimum atomic E-state index is 0.0530. The lowest BCUT2D eigenvalue weighted by molar-refractivity contribution is -0.132. The molecule has 2 aromatic rings. The van der Waals surface area contributed by atoms with E-state index in [9.17, 15) is 9.59 Å². The molecule has 4 heteroatoms. The molecule has 1 saturated heterocycles. The summed E-state index contributed by atoms with van der Waals surface area (Å²) in [5.74, 6) is 0.226. The maximum absolute atomic E-state index is 12.8. The largest absolute Gasteiger partial charge is 0.339 e. The zero-order chi connectivity index (χ0) is 21.0. The number of aryl methyl sites for hydroxylation is 2. The Balaban J connectivity index is 1.49. The molecule has 4 nitrogen and oxygen atoms in total. The van der Waals surface area contributed by atoms with Gasteiger partial charge >= 0.3 is 0 Å². The van der Waals surface area contributed by atoms with Gasteiger partial charge in [-0.05, 0) is 42.0 Å². The summed E-state index contributed by atoms with van der Waals surface area (Å²) in [5, 5.41) is 0. The molecule has 0 aliphatic carbocycles. The minimum absolute atomic E-state index is 0.0530. The molecule has 0 atom stereocenters. The smallest absolute Gasteiger partial charge is 0.253 e. The van der Waals surface area contributed by atoms with E-state index in [1.54, 1.807) is 0 Å². The van der Waals surface area contributed by atoms with Gasteiger partial charge in [-0.15, -0.1) is 0 Å². The van der Waals surface area contributed by atoms with Crippen LogP contribution in [0, 0.1) is 6.92 Å². The van der Waals surface area contributed by atoms with Crippen LogP contribution < -0.4 is 0 Å². The zero-order valence-corrected chi connectivity index (χ0v) is 18.1. The van der Waals surface area contributed by atoms with Crippen LogP contribution in [0.1, 0.15) is 54.2 Å². The molecular weight excluding hydrogens is 360 g/mol. The van der Waals surface area contributed by atoms with Crippen molar-refractivity contribution in [1.29, 1.82) is 0 Å². The number of amides is 2. The number of nitrogens with zero attached hydrogens (tertiary/aromatic N) is 2. The molecule has 1 aliphatic heterocycles. The third kappa shape index (κ3) is 5.47. The fourth-order valence-electron chi connectivity index (χ4n) is 3.62. The topological polar surface area (TPSA) is 40.6 Å². The highest BCUT2D eigenvalue weighted by atomic mass is 16.2. The van der Waals surface area contributed by atoms with E-state index in [1.165, 1.54) is 16.7 Å². The second-order valence-electron chi connectivity index (χ2n) is 8.99. The van der Waals surface area contributed by atoms with E-state index in [0.717, 1.165) is 12.0 Å². The standard InChI is InChI=1S/C25H32N2O2/c1-19-5-7-20(8-6-19)9-14-23(28)26-15-17-27(18-16-26)24(29)21-10-12-22(13-11-21)25(2,3)4/h5-8,10-13H,9,14-18H2,1-4H3. The molecule has 1 aliphatic rings. The van der Waals surface area contributed by atoms with E-state index in [2.05, 4.69) is 52.0 Å². The van der Waals surface area contributed by atoms with Gasteiger partial charge in [-0.1, -0.05) is 62.7 Å². The van der Waals surface area contributed by atoms with E-state index >= 15 is 0 Å². The van der Waals surface area contributed by atoms with Gasteiger partial charge in [0.2, 0.25) is 5.91 Å². The number of piperazine rings is 1. The molecule has 0 unspecified atom stereocenters. The molecular formula is C25H32N2O2.